The number of aryl methyl sites for hydroxylation is 1. The number of rotatable bonds is 3. The maximum absolute atomic E-state index is 12.1. The number of thioether (sulfide) groups is 2. The van der Waals surface area contributed by atoms with Gasteiger partial charge >= 0.3 is 5.97 Å². The average molecular weight is 377 g/mol. The highest BCUT2D eigenvalue weighted by molar-refractivity contribution is 8.28. The van der Waals surface area contributed by atoms with Gasteiger partial charge in [-0.3, -0.25) is 4.79 Å². The van der Waals surface area contributed by atoms with Crippen molar-refractivity contribution in [3.8, 4) is 0 Å². The zero-order chi connectivity index (χ0) is 18.4. The molecule has 2 aliphatic rings. The first kappa shape index (κ1) is 17.9. The Kier molecular flexibility index (Phi) is 4.59. The third kappa shape index (κ3) is 2.83. The van der Waals surface area contributed by atoms with Crippen LogP contribution in [0.3, 0.4) is 0 Å². The van der Waals surface area contributed by atoms with Crippen LogP contribution in [0.25, 0.3) is 0 Å². The molecule has 2 heterocycles. The largest absolute Gasteiger partial charge is 0.464 e. The SMILES string of the molecule is COC(=O)C1=NN(c2cccc(C)c2)[C@]2(S1)SC(C(C)=O)=C(C)N2C. The monoisotopic (exact) mass is 377 g/mol. The van der Waals surface area contributed by atoms with Crippen molar-refractivity contribution < 1.29 is 14.3 Å². The van der Waals surface area contributed by atoms with E-state index in [1.165, 1.54) is 30.6 Å². The number of nitrogens with zero attached hydrogens (tertiary/aromatic N) is 3. The molecule has 25 heavy (non-hydrogen) atoms. The van der Waals surface area contributed by atoms with Gasteiger partial charge in [-0.05, 0) is 50.2 Å². The van der Waals surface area contributed by atoms with Gasteiger partial charge in [-0.1, -0.05) is 23.9 Å². The zero-order valence-corrected chi connectivity index (χ0v) is 16.3. The molecule has 0 saturated carbocycles. The molecule has 1 aromatic rings. The van der Waals surface area contributed by atoms with Crippen LogP contribution in [-0.2, 0) is 14.3 Å². The summed E-state index contributed by atoms with van der Waals surface area (Å²) in [6, 6.07) is 7.89. The molecule has 1 aromatic carbocycles. The van der Waals surface area contributed by atoms with Crippen LogP contribution in [0.4, 0.5) is 5.69 Å². The third-order valence-corrected chi connectivity index (χ3v) is 7.26. The van der Waals surface area contributed by atoms with Gasteiger partial charge in [-0.2, -0.15) is 5.10 Å². The smallest absolute Gasteiger partial charge is 0.365 e. The Hall–Kier alpha value is -1.93. The van der Waals surface area contributed by atoms with E-state index in [-0.39, 0.29) is 10.8 Å². The van der Waals surface area contributed by atoms with Gasteiger partial charge in [0, 0.05) is 12.7 Å². The maximum atomic E-state index is 12.1. The second-order valence-electron chi connectivity index (χ2n) is 5.83. The highest BCUT2D eigenvalue weighted by atomic mass is 32.2. The molecular weight excluding hydrogens is 358 g/mol. The van der Waals surface area contributed by atoms with Crippen LogP contribution >= 0.6 is 23.5 Å². The molecule has 0 N–H and O–H groups in total. The van der Waals surface area contributed by atoms with E-state index in [0.29, 0.717) is 4.91 Å². The van der Waals surface area contributed by atoms with E-state index >= 15 is 0 Å². The van der Waals surface area contributed by atoms with E-state index in [9.17, 15) is 9.59 Å². The number of allylic oxidation sites excluding steroid dienone is 2. The van der Waals surface area contributed by atoms with E-state index in [2.05, 4.69) is 5.10 Å². The van der Waals surface area contributed by atoms with Gasteiger partial charge in [-0.15, -0.1) is 0 Å². The molecule has 6 nitrogen and oxygen atoms in total. The molecule has 0 fully saturated rings. The Morgan fingerprint density at radius 1 is 1.24 bits per heavy atom. The maximum Gasteiger partial charge on any atom is 0.365 e. The van der Waals surface area contributed by atoms with E-state index in [4.69, 9.17) is 4.74 Å². The number of hydrazone groups is 1. The second kappa shape index (κ2) is 6.42. The van der Waals surface area contributed by atoms with Crippen molar-refractivity contribution in [2.24, 2.45) is 5.10 Å². The molecule has 132 valence electrons. The molecule has 1 atom stereocenters. The Morgan fingerprint density at radius 3 is 2.52 bits per heavy atom. The quantitative estimate of drug-likeness (QED) is 0.750. The number of ketones is 1. The predicted octanol–water partition coefficient (Wildman–Crippen LogP) is 3.15. The molecule has 0 aliphatic carbocycles. The van der Waals surface area contributed by atoms with Crippen molar-refractivity contribution in [2.75, 3.05) is 19.2 Å². The summed E-state index contributed by atoms with van der Waals surface area (Å²) in [5.41, 5.74) is 2.80. The van der Waals surface area contributed by atoms with Gasteiger partial charge in [0.2, 0.25) is 9.37 Å². The molecule has 0 aromatic heterocycles. The summed E-state index contributed by atoms with van der Waals surface area (Å²) in [5.74, 6) is -0.481. The van der Waals surface area contributed by atoms with E-state index < -0.39 is 10.3 Å². The molecule has 0 amide bonds. The molecule has 0 bridgehead atoms. The summed E-state index contributed by atoms with van der Waals surface area (Å²) in [7, 11) is 3.24. The zero-order valence-electron chi connectivity index (χ0n) is 14.7. The van der Waals surface area contributed by atoms with Gasteiger partial charge in [-0.25, -0.2) is 9.80 Å². The van der Waals surface area contributed by atoms with Crippen LogP contribution in [-0.4, -0.2) is 40.2 Å². The molecule has 1 spiro atoms. The van der Waals surface area contributed by atoms with Crippen molar-refractivity contribution >= 4 is 46.0 Å². The first-order valence-corrected chi connectivity index (χ1v) is 9.31. The standard InChI is InChI=1S/C17H19N3O3S2/c1-10-7-6-8-13(9-10)20-17(25-15(18-20)16(22)23-5)19(4)11(2)14(24-17)12(3)21/h6-9H,1-5H3/t17-/m0/s1. The minimum atomic E-state index is -0.762. The second-order valence-corrected chi connectivity index (χ2v) is 8.43. The summed E-state index contributed by atoms with van der Waals surface area (Å²) < 4.78 is 4.09. The summed E-state index contributed by atoms with van der Waals surface area (Å²) in [5, 5.41) is 6.58. The lowest BCUT2D eigenvalue weighted by atomic mass is 10.2. The van der Waals surface area contributed by atoms with Crippen molar-refractivity contribution in [1.29, 1.82) is 0 Å². The Labute approximate surface area is 155 Å². The summed E-state index contributed by atoms with van der Waals surface area (Å²) in [6.07, 6.45) is 0. The first-order chi connectivity index (χ1) is 11.8. The lowest BCUT2D eigenvalue weighted by molar-refractivity contribution is -0.132. The van der Waals surface area contributed by atoms with Gasteiger partial charge in [0.05, 0.1) is 17.7 Å². The van der Waals surface area contributed by atoms with Gasteiger partial charge in [0.15, 0.2) is 5.78 Å². The Morgan fingerprint density at radius 2 is 1.96 bits per heavy atom. The number of anilines is 1. The fourth-order valence-electron chi connectivity index (χ4n) is 2.73. The molecule has 8 heteroatoms. The highest BCUT2D eigenvalue weighted by Crippen LogP contribution is 2.58. The van der Waals surface area contributed by atoms with Crippen LogP contribution in [0, 0.1) is 6.92 Å². The van der Waals surface area contributed by atoms with E-state index in [0.717, 1.165) is 16.9 Å². The number of carbonyl (C=O) groups is 2. The van der Waals surface area contributed by atoms with Crippen LogP contribution in [0.15, 0.2) is 40.0 Å². The van der Waals surface area contributed by atoms with E-state index in [1.807, 2.05) is 50.1 Å². The summed E-state index contributed by atoms with van der Waals surface area (Å²) in [4.78, 5) is 26.8. The number of methoxy groups -OCH3 is 1. The molecule has 0 unspecified atom stereocenters. The van der Waals surface area contributed by atoms with Crippen LogP contribution < -0.4 is 5.01 Å². The Balaban J connectivity index is 2.10. The molecule has 3 rings (SSSR count). The normalized spacial score (nSPS) is 22.7. The minimum absolute atomic E-state index is 0.00235. The predicted molar refractivity (Wildman–Crippen MR) is 102 cm³/mol. The van der Waals surface area contributed by atoms with Crippen molar-refractivity contribution in [1.82, 2.24) is 4.90 Å². The van der Waals surface area contributed by atoms with Gasteiger partial charge < -0.3 is 9.64 Å². The first-order valence-electron chi connectivity index (χ1n) is 7.67. The summed E-state index contributed by atoms with van der Waals surface area (Å²) >= 11 is 2.70. The number of carbonyl (C=O) groups excluding carboxylic acids is 2. The molecule has 0 radical (unpaired) electrons. The number of Topliss-reactive ketones (excluding diaryl/α,β-unsaturated/α-hetero) is 1. The van der Waals surface area contributed by atoms with Crippen molar-refractivity contribution in [3.63, 3.8) is 0 Å². The lowest BCUT2D eigenvalue weighted by Gasteiger charge is -2.39. The highest BCUT2D eigenvalue weighted by Gasteiger charge is 2.55. The fourth-order valence-corrected chi connectivity index (χ4v) is 5.64. The van der Waals surface area contributed by atoms with Crippen molar-refractivity contribution in [2.45, 2.75) is 25.1 Å². The van der Waals surface area contributed by atoms with Gasteiger partial charge in [0.1, 0.15) is 0 Å². The van der Waals surface area contributed by atoms with Crippen molar-refractivity contribution in [3.05, 3.63) is 40.4 Å². The molecular formula is C17H19N3O3S2. The number of esters is 1. The van der Waals surface area contributed by atoms with Crippen LogP contribution in [0.5, 0.6) is 0 Å². The average Bonchev–Trinajstić information content (AvgIpc) is 3.08. The number of hydrogen-bond donors (Lipinski definition) is 0. The number of ether oxygens (including phenoxy) is 1. The fraction of sp³-hybridized carbons (Fsp3) is 0.353. The topological polar surface area (TPSA) is 62.2 Å². The third-order valence-electron chi connectivity index (χ3n) is 4.10. The van der Waals surface area contributed by atoms with E-state index in [1.54, 1.807) is 11.9 Å². The van der Waals surface area contributed by atoms with Crippen LogP contribution in [0.1, 0.15) is 19.4 Å². The molecule has 2 aliphatic heterocycles. The van der Waals surface area contributed by atoms with Crippen LogP contribution in [0.2, 0.25) is 0 Å². The summed E-state index contributed by atoms with van der Waals surface area (Å²) in [6.45, 7) is 5.46. The minimum Gasteiger partial charge on any atom is -0.464 e. The number of benzene rings is 1. The molecule has 0 saturated heterocycles. The number of hydrogen-bond acceptors (Lipinski definition) is 8. The Bertz CT molecular complexity index is 821. The lowest BCUT2D eigenvalue weighted by Crippen LogP contribution is -2.47. The van der Waals surface area contributed by atoms with Gasteiger partial charge in [0.25, 0.3) is 0 Å².